The molecule has 0 amide bonds. The summed E-state index contributed by atoms with van der Waals surface area (Å²) in [7, 11) is 0. The number of hydrogen-bond acceptors (Lipinski definition) is 1. The molecule has 2 rings (SSSR count). The zero-order valence-electron chi connectivity index (χ0n) is 12.2. The standard InChI is InChI=1S/C9H6BrFN2/c10-9-5-6-13(12-9)8-3-1-7(11)2-4-8/h1-6H/i1D,2D,3D,4D,5D,6D. The van der Waals surface area contributed by atoms with E-state index in [9.17, 15) is 4.39 Å². The molecular formula is C9H6BrFN2. The third-order valence-electron chi connectivity index (χ3n) is 1.25. The Bertz CT molecular complexity index is 657. The predicted molar refractivity (Wildman–Crippen MR) is 51.2 cm³/mol. The highest BCUT2D eigenvalue weighted by atomic mass is 79.9. The Balaban J connectivity index is 2.87. The third-order valence-corrected chi connectivity index (χ3v) is 1.60. The molecule has 0 unspecified atom stereocenters. The first-order valence-corrected chi connectivity index (χ1v) is 4.04. The van der Waals surface area contributed by atoms with Gasteiger partial charge in [0.1, 0.15) is 10.4 Å². The van der Waals surface area contributed by atoms with E-state index < -0.39 is 36.2 Å². The van der Waals surface area contributed by atoms with Crippen LogP contribution in [0.4, 0.5) is 4.39 Å². The molecule has 0 aliphatic heterocycles. The van der Waals surface area contributed by atoms with Crippen molar-refractivity contribution in [3.63, 3.8) is 0 Å². The lowest BCUT2D eigenvalue weighted by atomic mass is 10.3. The zero-order chi connectivity index (χ0) is 14.5. The molecule has 0 bridgehead atoms. The summed E-state index contributed by atoms with van der Waals surface area (Å²) in [5, 5.41) is 3.74. The molecular weight excluding hydrogens is 235 g/mol. The van der Waals surface area contributed by atoms with Crippen molar-refractivity contribution in [1.82, 2.24) is 9.78 Å². The maximum atomic E-state index is 13.4. The fourth-order valence-electron chi connectivity index (χ4n) is 0.739. The van der Waals surface area contributed by atoms with Crippen molar-refractivity contribution >= 4 is 15.9 Å². The second-order valence-electron chi connectivity index (χ2n) is 2.10. The van der Waals surface area contributed by atoms with E-state index in [4.69, 9.17) is 8.22 Å². The second-order valence-corrected chi connectivity index (χ2v) is 2.85. The fourth-order valence-corrected chi connectivity index (χ4v) is 0.987. The normalized spacial score (nSPS) is 16.8. The van der Waals surface area contributed by atoms with Gasteiger partial charge in [0, 0.05) is 6.17 Å². The van der Waals surface area contributed by atoms with Crippen molar-refractivity contribution in [2.75, 3.05) is 0 Å². The van der Waals surface area contributed by atoms with Gasteiger partial charge in [0.2, 0.25) is 0 Å². The van der Waals surface area contributed by atoms with Gasteiger partial charge in [0.15, 0.2) is 0 Å². The van der Waals surface area contributed by atoms with Crippen LogP contribution in [-0.4, -0.2) is 9.78 Å². The van der Waals surface area contributed by atoms with Crippen molar-refractivity contribution < 1.29 is 12.6 Å². The summed E-state index contributed by atoms with van der Waals surface area (Å²) in [5.41, 5.74) is -0.361. The van der Waals surface area contributed by atoms with Gasteiger partial charge in [0.05, 0.1) is 13.9 Å². The minimum absolute atomic E-state index is 0.0266. The first-order valence-electron chi connectivity index (χ1n) is 6.25. The van der Waals surface area contributed by atoms with Crippen molar-refractivity contribution in [2.24, 2.45) is 0 Å². The number of aromatic nitrogens is 2. The molecule has 13 heavy (non-hydrogen) atoms. The molecule has 1 aromatic heterocycles. The van der Waals surface area contributed by atoms with E-state index in [0.717, 1.165) is 4.68 Å². The summed E-state index contributed by atoms with van der Waals surface area (Å²) in [4.78, 5) is 0. The van der Waals surface area contributed by atoms with Crippen molar-refractivity contribution in [3.05, 3.63) is 46.8 Å². The van der Waals surface area contributed by atoms with Gasteiger partial charge in [-0.05, 0) is 46.1 Å². The summed E-state index contributed by atoms with van der Waals surface area (Å²) in [6.45, 7) is 0. The molecule has 0 radical (unpaired) electrons. The highest BCUT2D eigenvalue weighted by Crippen LogP contribution is 2.11. The molecule has 66 valence electrons. The summed E-state index contributed by atoms with van der Waals surface area (Å²) < 4.78 is 59.4. The van der Waals surface area contributed by atoms with E-state index in [-0.39, 0.29) is 16.3 Å². The largest absolute Gasteiger partial charge is 0.240 e. The molecule has 4 heteroatoms. The molecule has 0 aliphatic rings. The summed E-state index contributed by atoms with van der Waals surface area (Å²) in [6.07, 6.45) is -0.417. The van der Waals surface area contributed by atoms with Gasteiger partial charge in [-0.1, -0.05) is 0 Å². The van der Waals surface area contributed by atoms with Crippen LogP contribution in [0, 0.1) is 5.82 Å². The minimum atomic E-state index is -1.26. The highest BCUT2D eigenvalue weighted by Gasteiger charge is 1.98. The Kier molecular flexibility index (Phi) is 0.994. The molecule has 2 aromatic rings. The van der Waals surface area contributed by atoms with Gasteiger partial charge >= 0.3 is 0 Å². The van der Waals surface area contributed by atoms with E-state index in [1.807, 2.05) is 0 Å². The number of halogens is 2. The average molecular weight is 247 g/mol. The van der Waals surface area contributed by atoms with Crippen LogP contribution >= 0.6 is 15.9 Å². The van der Waals surface area contributed by atoms with Crippen LogP contribution in [0.3, 0.4) is 0 Å². The molecule has 0 fully saturated rings. The Morgan fingerprint density at radius 1 is 1.31 bits per heavy atom. The zero-order valence-corrected chi connectivity index (χ0v) is 7.74. The Hall–Kier alpha value is -1.16. The Labute approximate surface area is 91.6 Å². The molecule has 1 aromatic carbocycles. The monoisotopic (exact) mass is 246 g/mol. The van der Waals surface area contributed by atoms with Crippen LogP contribution in [-0.2, 0) is 0 Å². The second kappa shape index (κ2) is 3.30. The number of benzene rings is 1. The van der Waals surface area contributed by atoms with E-state index in [2.05, 4.69) is 21.0 Å². The maximum absolute atomic E-state index is 13.4. The molecule has 0 saturated heterocycles. The summed E-state index contributed by atoms with van der Waals surface area (Å²) >= 11 is 2.94. The van der Waals surface area contributed by atoms with Crippen LogP contribution in [0.5, 0.6) is 0 Å². The SMILES string of the molecule is [2H]c1c([2H])c(-n2nc(Br)c([2H])c2[2H])c([2H])c([2H])c1F. The lowest BCUT2D eigenvalue weighted by Crippen LogP contribution is -1.93. The van der Waals surface area contributed by atoms with E-state index in [1.165, 1.54) is 0 Å². The lowest BCUT2D eigenvalue weighted by Gasteiger charge is -1.99. The van der Waals surface area contributed by atoms with Gasteiger partial charge in [-0.3, -0.25) is 0 Å². The fraction of sp³-hybridized carbons (Fsp3) is 0. The molecule has 0 spiro atoms. The van der Waals surface area contributed by atoms with Crippen LogP contribution in [0.15, 0.2) is 41.0 Å². The molecule has 0 aliphatic carbocycles. The van der Waals surface area contributed by atoms with Crippen molar-refractivity contribution in [1.29, 1.82) is 0 Å². The van der Waals surface area contributed by atoms with Gasteiger partial charge < -0.3 is 0 Å². The van der Waals surface area contributed by atoms with Gasteiger partial charge in [-0.15, -0.1) is 0 Å². The Morgan fingerprint density at radius 3 is 2.54 bits per heavy atom. The van der Waals surface area contributed by atoms with Crippen LogP contribution < -0.4 is 0 Å². The number of hydrogen-bond donors (Lipinski definition) is 0. The highest BCUT2D eigenvalue weighted by molar-refractivity contribution is 9.10. The smallest absolute Gasteiger partial charge is 0.128 e. The van der Waals surface area contributed by atoms with Gasteiger partial charge in [-0.25, -0.2) is 9.07 Å². The minimum Gasteiger partial charge on any atom is -0.240 e. The predicted octanol–water partition coefficient (Wildman–Crippen LogP) is 2.77. The van der Waals surface area contributed by atoms with Crippen molar-refractivity contribution in [3.8, 4) is 5.69 Å². The topological polar surface area (TPSA) is 17.8 Å². The molecule has 0 N–H and O–H groups in total. The number of nitrogens with zero attached hydrogens (tertiary/aromatic N) is 2. The van der Waals surface area contributed by atoms with Gasteiger partial charge in [0.25, 0.3) is 0 Å². The van der Waals surface area contributed by atoms with E-state index in [0.29, 0.717) is 0 Å². The molecule has 0 saturated carbocycles. The van der Waals surface area contributed by atoms with Crippen LogP contribution in [0.1, 0.15) is 8.22 Å². The number of rotatable bonds is 1. The quantitative estimate of drug-likeness (QED) is 0.757. The first-order chi connectivity index (χ1) is 8.77. The van der Waals surface area contributed by atoms with Gasteiger partial charge in [-0.2, -0.15) is 5.10 Å². The Morgan fingerprint density at radius 2 is 2.00 bits per heavy atom. The maximum Gasteiger partial charge on any atom is 0.128 e. The molecule has 1 heterocycles. The van der Waals surface area contributed by atoms with E-state index in [1.54, 1.807) is 0 Å². The van der Waals surface area contributed by atoms with E-state index >= 15 is 0 Å². The van der Waals surface area contributed by atoms with Crippen LogP contribution in [0.25, 0.3) is 5.69 Å². The third kappa shape index (κ3) is 1.78. The van der Waals surface area contributed by atoms with Crippen LogP contribution in [0.2, 0.25) is 0 Å². The lowest BCUT2D eigenvalue weighted by molar-refractivity contribution is 0.627. The summed E-state index contributed by atoms with van der Waals surface area (Å²) in [6, 6.07) is -3.24. The molecule has 2 nitrogen and oxygen atoms in total. The molecule has 0 atom stereocenters. The summed E-state index contributed by atoms with van der Waals surface area (Å²) in [5.74, 6) is -1.26. The average Bonchev–Trinajstić information content (AvgIpc) is 2.62. The van der Waals surface area contributed by atoms with Crippen molar-refractivity contribution in [2.45, 2.75) is 0 Å². The first kappa shape index (κ1) is 3.92.